The molecule has 0 saturated carbocycles. The van der Waals surface area contributed by atoms with Crippen molar-refractivity contribution in [3.8, 4) is 0 Å². The van der Waals surface area contributed by atoms with Gasteiger partial charge in [-0.05, 0) is 0 Å². The quantitative estimate of drug-likeness (QED) is 0.516. The van der Waals surface area contributed by atoms with Crippen LogP contribution in [0.2, 0.25) is 0 Å². The molecule has 6 heteroatoms. The molecule has 0 atom stereocenters. The standard InChI is InChI=1S/ClH.Co.H2O3S/c;;1-4(2)3/h1H;;(H2,1,2,3). The molecule has 0 bridgehead atoms. The number of halogens is 1. The molecule has 0 saturated heterocycles. The fourth-order valence-electron chi connectivity index (χ4n) is 0. The summed E-state index contributed by atoms with van der Waals surface area (Å²) < 4.78 is 22.8. The predicted octanol–water partition coefficient (Wildman–Crippen LogP) is 0.100. The smallest absolute Gasteiger partial charge is 0.284 e. The Morgan fingerprint density at radius 3 is 1.33 bits per heavy atom. The molecule has 3 nitrogen and oxygen atoms in total. The van der Waals surface area contributed by atoms with Crippen molar-refractivity contribution in [2.24, 2.45) is 0 Å². The van der Waals surface area contributed by atoms with E-state index in [1.165, 1.54) is 0 Å². The Morgan fingerprint density at radius 1 is 1.33 bits per heavy atom. The first-order chi connectivity index (χ1) is 1.73. The molecule has 0 aromatic heterocycles. The van der Waals surface area contributed by atoms with Gasteiger partial charge in [0, 0.05) is 16.8 Å². The van der Waals surface area contributed by atoms with Gasteiger partial charge in [-0.15, -0.1) is 12.4 Å². The third kappa shape index (κ3) is 96.9. The maximum Gasteiger partial charge on any atom is 0.299 e. The normalized spacial score (nSPS) is 5.83. The van der Waals surface area contributed by atoms with Crippen molar-refractivity contribution in [1.29, 1.82) is 0 Å². The Balaban J connectivity index is -0.0000000450. The van der Waals surface area contributed by atoms with E-state index < -0.39 is 11.4 Å². The summed E-state index contributed by atoms with van der Waals surface area (Å²) in [5, 5.41) is 0. The van der Waals surface area contributed by atoms with Crippen molar-refractivity contribution in [1.82, 2.24) is 0 Å². The van der Waals surface area contributed by atoms with E-state index in [0.29, 0.717) is 0 Å². The SMILES string of the molecule is Cl.O=S(O)O.[Co]. The van der Waals surface area contributed by atoms with E-state index in [1.54, 1.807) is 0 Å². The van der Waals surface area contributed by atoms with Gasteiger partial charge in [0.2, 0.25) is 0 Å². The van der Waals surface area contributed by atoms with Gasteiger partial charge < -0.3 is 0 Å². The zero-order valence-electron chi connectivity index (χ0n) is 2.45. The molecule has 0 rings (SSSR count). The van der Waals surface area contributed by atoms with Crippen LogP contribution in [0.25, 0.3) is 0 Å². The van der Waals surface area contributed by atoms with E-state index in [2.05, 4.69) is 0 Å². The predicted molar refractivity (Wildman–Crippen MR) is 20.6 cm³/mol. The second-order valence-electron chi connectivity index (χ2n) is 0.231. The van der Waals surface area contributed by atoms with E-state index in [9.17, 15) is 0 Å². The molecule has 0 aromatic carbocycles. The molecule has 0 spiro atoms. The van der Waals surface area contributed by atoms with Gasteiger partial charge in [0.1, 0.15) is 0 Å². The van der Waals surface area contributed by atoms with Crippen LogP contribution in [-0.4, -0.2) is 13.3 Å². The average Bonchev–Trinajstić information content (AvgIpc) is 0.811. The fraction of sp³-hybridized carbons (Fsp3) is 0. The maximum absolute atomic E-state index is 8.67. The molecule has 2 N–H and O–H groups in total. The molecule has 0 aliphatic rings. The molecule has 6 heavy (non-hydrogen) atoms. The summed E-state index contributed by atoms with van der Waals surface area (Å²) in [5.41, 5.74) is 0. The van der Waals surface area contributed by atoms with Crippen molar-refractivity contribution in [2.45, 2.75) is 0 Å². The van der Waals surface area contributed by atoms with Gasteiger partial charge in [0.05, 0.1) is 0 Å². The largest absolute Gasteiger partial charge is 0.299 e. The molecule has 43 valence electrons. The van der Waals surface area contributed by atoms with Crippen LogP contribution in [0.3, 0.4) is 0 Å². The zero-order valence-corrected chi connectivity index (χ0v) is 5.13. The van der Waals surface area contributed by atoms with Crippen molar-refractivity contribution in [2.75, 3.05) is 0 Å². The molecule has 0 unspecified atom stereocenters. The molecule has 0 fully saturated rings. The van der Waals surface area contributed by atoms with Gasteiger partial charge in [0.15, 0.2) is 0 Å². The van der Waals surface area contributed by atoms with E-state index in [4.69, 9.17) is 13.3 Å². The molecule has 1 radical (unpaired) electrons. The fourth-order valence-corrected chi connectivity index (χ4v) is 0. The Morgan fingerprint density at radius 2 is 1.33 bits per heavy atom. The zero-order chi connectivity index (χ0) is 3.58. The number of hydrogen-bond acceptors (Lipinski definition) is 1. The number of hydrogen-bond donors (Lipinski definition) is 2. The molecular weight excluding hydrogens is 174 g/mol. The van der Waals surface area contributed by atoms with E-state index in [1.807, 2.05) is 0 Å². The minimum Gasteiger partial charge on any atom is -0.284 e. The van der Waals surface area contributed by atoms with Crippen molar-refractivity contribution >= 4 is 23.8 Å². The van der Waals surface area contributed by atoms with Gasteiger partial charge in [0.25, 0.3) is 11.4 Å². The first-order valence-corrected chi connectivity index (χ1v) is 1.60. The summed E-state index contributed by atoms with van der Waals surface area (Å²) in [5.74, 6) is 0. The third-order valence-corrected chi connectivity index (χ3v) is 0. The van der Waals surface area contributed by atoms with Crippen LogP contribution in [0.15, 0.2) is 0 Å². The summed E-state index contributed by atoms with van der Waals surface area (Å²) >= 11 is -2.61. The van der Waals surface area contributed by atoms with E-state index in [0.717, 1.165) is 0 Å². The first kappa shape index (κ1) is 15.8. The summed E-state index contributed by atoms with van der Waals surface area (Å²) in [6.07, 6.45) is 0. The van der Waals surface area contributed by atoms with Crippen molar-refractivity contribution < 1.29 is 30.1 Å². The summed E-state index contributed by atoms with van der Waals surface area (Å²) in [6, 6.07) is 0. The average molecular weight is 177 g/mol. The van der Waals surface area contributed by atoms with Gasteiger partial charge >= 0.3 is 0 Å². The van der Waals surface area contributed by atoms with Crippen LogP contribution in [-0.2, 0) is 28.1 Å². The van der Waals surface area contributed by atoms with E-state index >= 15 is 0 Å². The van der Waals surface area contributed by atoms with Gasteiger partial charge in [-0.25, -0.2) is 0 Å². The van der Waals surface area contributed by atoms with Crippen LogP contribution in [0.1, 0.15) is 0 Å². The summed E-state index contributed by atoms with van der Waals surface area (Å²) in [6.45, 7) is 0. The maximum atomic E-state index is 8.67. The van der Waals surface area contributed by atoms with E-state index in [-0.39, 0.29) is 29.2 Å². The molecular formula is H3ClCoO3S. The summed E-state index contributed by atoms with van der Waals surface area (Å²) in [4.78, 5) is 0. The van der Waals surface area contributed by atoms with Crippen LogP contribution >= 0.6 is 12.4 Å². The van der Waals surface area contributed by atoms with Gasteiger partial charge in [-0.1, -0.05) is 0 Å². The second kappa shape index (κ2) is 9.29. The molecule has 0 aliphatic carbocycles. The molecule has 0 aliphatic heterocycles. The van der Waals surface area contributed by atoms with Gasteiger partial charge in [-0.2, -0.15) is 4.21 Å². The monoisotopic (exact) mass is 177 g/mol. The second-order valence-corrected chi connectivity index (χ2v) is 0.692. The van der Waals surface area contributed by atoms with Crippen LogP contribution in [0.4, 0.5) is 0 Å². The molecule has 0 heterocycles. The summed E-state index contributed by atoms with van der Waals surface area (Å²) in [7, 11) is 0. The Bertz CT molecular complexity index is 33.8. The Labute approximate surface area is 54.2 Å². The third-order valence-electron chi connectivity index (χ3n) is 0. The van der Waals surface area contributed by atoms with Crippen molar-refractivity contribution in [3.63, 3.8) is 0 Å². The minimum atomic E-state index is -2.61. The number of rotatable bonds is 0. The molecule has 0 aromatic rings. The van der Waals surface area contributed by atoms with Gasteiger partial charge in [-0.3, -0.25) is 9.11 Å². The first-order valence-electron chi connectivity index (χ1n) is 0.532. The van der Waals surface area contributed by atoms with Crippen LogP contribution < -0.4 is 0 Å². The molecule has 0 amide bonds. The Kier molecular flexibility index (Phi) is 24.5. The van der Waals surface area contributed by atoms with Crippen LogP contribution in [0.5, 0.6) is 0 Å². The minimum absolute atomic E-state index is 0. The van der Waals surface area contributed by atoms with Crippen LogP contribution in [0, 0.1) is 0 Å². The Hall–Kier alpha value is 0.866. The van der Waals surface area contributed by atoms with Crippen molar-refractivity contribution in [3.05, 3.63) is 0 Å². The topological polar surface area (TPSA) is 57.5 Å².